The van der Waals surface area contributed by atoms with E-state index in [0.29, 0.717) is 12.5 Å². The summed E-state index contributed by atoms with van der Waals surface area (Å²) in [7, 11) is 4.05. The lowest BCUT2D eigenvalue weighted by molar-refractivity contribution is 0.508. The number of anilines is 1. The summed E-state index contributed by atoms with van der Waals surface area (Å²) in [6.07, 6.45) is 0. The molecule has 4 nitrogen and oxygen atoms in total. The van der Waals surface area contributed by atoms with Crippen molar-refractivity contribution in [2.24, 2.45) is 10.7 Å². The summed E-state index contributed by atoms with van der Waals surface area (Å²) >= 11 is 0. The van der Waals surface area contributed by atoms with Gasteiger partial charge in [-0.1, -0.05) is 12.1 Å². The molecule has 0 radical (unpaired) electrons. The summed E-state index contributed by atoms with van der Waals surface area (Å²) in [5.74, 6) is 0.484. The number of nitrogens with zero attached hydrogens (tertiary/aromatic N) is 2. The SMILES string of the molecule is CN(C)c1cccc(CN=C(N)NC(C)(C)C)c1.I. The van der Waals surface area contributed by atoms with Crippen molar-refractivity contribution in [3.63, 3.8) is 0 Å². The van der Waals surface area contributed by atoms with Gasteiger partial charge in [-0.15, -0.1) is 24.0 Å². The van der Waals surface area contributed by atoms with Crippen LogP contribution in [0.3, 0.4) is 0 Å². The Balaban J connectivity index is 0.00000324. The van der Waals surface area contributed by atoms with Crippen molar-refractivity contribution in [3.05, 3.63) is 29.8 Å². The second-order valence-corrected chi connectivity index (χ2v) is 5.64. The zero-order valence-corrected chi connectivity index (χ0v) is 14.7. The molecule has 0 saturated carbocycles. The summed E-state index contributed by atoms with van der Waals surface area (Å²) in [4.78, 5) is 6.42. The zero-order valence-electron chi connectivity index (χ0n) is 12.4. The molecule has 1 aromatic rings. The van der Waals surface area contributed by atoms with Crippen molar-refractivity contribution < 1.29 is 0 Å². The highest BCUT2D eigenvalue weighted by Gasteiger charge is 2.09. The number of hydrogen-bond acceptors (Lipinski definition) is 2. The quantitative estimate of drug-likeness (QED) is 0.484. The molecule has 0 aromatic heterocycles. The molecular formula is C14H25IN4. The van der Waals surface area contributed by atoms with Crippen molar-refractivity contribution in [1.82, 2.24) is 5.32 Å². The minimum Gasteiger partial charge on any atom is -0.378 e. The molecule has 0 atom stereocenters. The number of nitrogens with two attached hydrogens (primary N) is 1. The number of halogens is 1. The van der Waals surface area contributed by atoms with Gasteiger partial charge in [-0.25, -0.2) is 4.99 Å². The van der Waals surface area contributed by atoms with Crippen LogP contribution in [-0.2, 0) is 6.54 Å². The lowest BCUT2D eigenvalue weighted by Gasteiger charge is -2.21. The van der Waals surface area contributed by atoms with E-state index in [4.69, 9.17) is 5.73 Å². The van der Waals surface area contributed by atoms with Crippen molar-refractivity contribution in [2.75, 3.05) is 19.0 Å². The lowest BCUT2D eigenvalue weighted by atomic mass is 10.1. The largest absolute Gasteiger partial charge is 0.378 e. The highest BCUT2D eigenvalue weighted by molar-refractivity contribution is 14.0. The molecule has 5 heteroatoms. The van der Waals surface area contributed by atoms with Crippen LogP contribution >= 0.6 is 24.0 Å². The van der Waals surface area contributed by atoms with Crippen LogP contribution in [0.1, 0.15) is 26.3 Å². The summed E-state index contributed by atoms with van der Waals surface area (Å²) in [6.45, 7) is 6.77. The molecule has 0 aliphatic rings. The van der Waals surface area contributed by atoms with Crippen molar-refractivity contribution >= 4 is 35.6 Å². The maximum Gasteiger partial charge on any atom is 0.189 e. The Bertz CT molecular complexity index is 422. The van der Waals surface area contributed by atoms with Gasteiger partial charge in [0.25, 0.3) is 0 Å². The first-order chi connectivity index (χ1) is 8.28. The van der Waals surface area contributed by atoms with Crippen molar-refractivity contribution in [3.8, 4) is 0 Å². The first kappa shape index (κ1) is 18.0. The van der Waals surface area contributed by atoms with Crippen LogP contribution in [0.2, 0.25) is 0 Å². The first-order valence-corrected chi connectivity index (χ1v) is 6.12. The van der Waals surface area contributed by atoms with E-state index in [1.54, 1.807) is 0 Å². The second kappa shape index (κ2) is 7.57. The molecule has 0 heterocycles. The van der Waals surface area contributed by atoms with E-state index in [1.165, 1.54) is 5.69 Å². The molecular weight excluding hydrogens is 351 g/mol. The number of benzene rings is 1. The Morgan fingerprint density at radius 1 is 1.32 bits per heavy atom. The fourth-order valence-electron chi connectivity index (χ4n) is 1.53. The van der Waals surface area contributed by atoms with Gasteiger partial charge in [0.05, 0.1) is 6.54 Å². The molecule has 19 heavy (non-hydrogen) atoms. The van der Waals surface area contributed by atoms with Crippen LogP contribution in [-0.4, -0.2) is 25.6 Å². The van der Waals surface area contributed by atoms with E-state index >= 15 is 0 Å². The number of nitrogens with one attached hydrogen (secondary N) is 1. The molecule has 0 aliphatic carbocycles. The summed E-state index contributed by atoms with van der Waals surface area (Å²) in [5, 5.41) is 3.14. The minimum atomic E-state index is -0.0565. The van der Waals surface area contributed by atoms with E-state index in [-0.39, 0.29) is 29.5 Å². The predicted molar refractivity (Wildman–Crippen MR) is 94.4 cm³/mol. The van der Waals surface area contributed by atoms with Gasteiger partial charge in [0.15, 0.2) is 5.96 Å². The molecule has 0 aliphatic heterocycles. The second-order valence-electron chi connectivity index (χ2n) is 5.64. The Morgan fingerprint density at radius 3 is 2.47 bits per heavy atom. The maximum absolute atomic E-state index is 5.83. The molecule has 108 valence electrons. The van der Waals surface area contributed by atoms with E-state index in [0.717, 1.165) is 5.56 Å². The van der Waals surface area contributed by atoms with Crippen LogP contribution in [0.5, 0.6) is 0 Å². The average Bonchev–Trinajstić information content (AvgIpc) is 2.24. The molecule has 0 spiro atoms. The van der Waals surface area contributed by atoms with Gasteiger partial charge < -0.3 is 16.0 Å². The van der Waals surface area contributed by atoms with Crippen LogP contribution in [0.4, 0.5) is 5.69 Å². The molecule has 3 N–H and O–H groups in total. The molecule has 0 bridgehead atoms. The summed E-state index contributed by atoms with van der Waals surface area (Å²) in [5.41, 5.74) is 8.10. The molecule has 1 rings (SSSR count). The normalized spacial score (nSPS) is 11.7. The predicted octanol–water partition coefficient (Wildman–Crippen LogP) is 2.57. The third kappa shape index (κ3) is 7.25. The van der Waals surface area contributed by atoms with Crippen molar-refractivity contribution in [1.29, 1.82) is 0 Å². The summed E-state index contributed by atoms with van der Waals surface area (Å²) < 4.78 is 0. The highest BCUT2D eigenvalue weighted by Crippen LogP contribution is 2.13. The van der Waals surface area contributed by atoms with Gasteiger partial charge in [-0.2, -0.15) is 0 Å². The van der Waals surface area contributed by atoms with Gasteiger partial charge in [-0.3, -0.25) is 0 Å². The number of rotatable bonds is 3. The lowest BCUT2D eigenvalue weighted by Crippen LogP contribution is -2.44. The van der Waals surface area contributed by atoms with E-state index in [9.17, 15) is 0 Å². The Hall–Kier alpha value is -0.980. The standard InChI is InChI=1S/C14H24N4.HI/c1-14(2,3)17-13(15)16-10-11-7-6-8-12(9-11)18(4)5;/h6-9H,10H2,1-5H3,(H3,15,16,17);1H. The van der Waals surface area contributed by atoms with E-state index in [2.05, 4.69) is 54.2 Å². The average molecular weight is 376 g/mol. The number of aliphatic imine (C=N–C) groups is 1. The Kier molecular flexibility index (Phi) is 7.18. The number of hydrogen-bond donors (Lipinski definition) is 2. The van der Waals surface area contributed by atoms with E-state index in [1.807, 2.05) is 20.2 Å². The summed E-state index contributed by atoms with van der Waals surface area (Å²) in [6, 6.07) is 8.28. The van der Waals surface area contributed by atoms with E-state index < -0.39 is 0 Å². The van der Waals surface area contributed by atoms with Gasteiger partial charge in [0.1, 0.15) is 0 Å². The minimum absolute atomic E-state index is 0. The molecule has 1 aromatic carbocycles. The van der Waals surface area contributed by atoms with Crippen LogP contribution < -0.4 is 16.0 Å². The fraction of sp³-hybridized carbons (Fsp3) is 0.500. The fourth-order valence-corrected chi connectivity index (χ4v) is 1.53. The molecule has 0 fully saturated rings. The van der Waals surface area contributed by atoms with Gasteiger partial charge in [0, 0.05) is 25.3 Å². The monoisotopic (exact) mass is 376 g/mol. The maximum atomic E-state index is 5.83. The first-order valence-electron chi connectivity index (χ1n) is 6.12. The van der Waals surface area contributed by atoms with Gasteiger partial charge in [-0.05, 0) is 38.5 Å². The van der Waals surface area contributed by atoms with Gasteiger partial charge in [0.2, 0.25) is 0 Å². The Morgan fingerprint density at radius 2 is 1.95 bits per heavy atom. The smallest absolute Gasteiger partial charge is 0.189 e. The Labute approximate surface area is 133 Å². The molecule has 0 amide bonds. The topological polar surface area (TPSA) is 53.6 Å². The highest BCUT2D eigenvalue weighted by atomic mass is 127. The van der Waals surface area contributed by atoms with Crippen LogP contribution in [0.25, 0.3) is 0 Å². The van der Waals surface area contributed by atoms with Crippen molar-refractivity contribution in [2.45, 2.75) is 32.9 Å². The van der Waals surface area contributed by atoms with Crippen LogP contribution in [0.15, 0.2) is 29.3 Å². The molecule has 0 saturated heterocycles. The number of guanidine groups is 1. The third-order valence-corrected chi connectivity index (χ3v) is 2.36. The van der Waals surface area contributed by atoms with Gasteiger partial charge >= 0.3 is 0 Å². The third-order valence-electron chi connectivity index (χ3n) is 2.36. The molecule has 0 unspecified atom stereocenters. The van der Waals surface area contributed by atoms with Crippen LogP contribution in [0, 0.1) is 0 Å². The zero-order chi connectivity index (χ0) is 13.8.